The molecule has 0 radical (unpaired) electrons. The number of hydrogen-bond donors (Lipinski definition) is 1. The van der Waals surface area contributed by atoms with Crippen LogP contribution in [0.5, 0.6) is 5.75 Å². The lowest BCUT2D eigenvalue weighted by molar-refractivity contribution is 0.416. The molecule has 4 nitrogen and oxygen atoms in total. The summed E-state index contributed by atoms with van der Waals surface area (Å²) in [6.45, 7) is 4.98. The molecule has 108 valence electrons. The van der Waals surface area contributed by atoms with Gasteiger partial charge in [-0.1, -0.05) is 12.1 Å². The van der Waals surface area contributed by atoms with Crippen molar-refractivity contribution in [3.05, 3.63) is 35.2 Å². The number of nitrogens with zero attached hydrogens (tertiary/aromatic N) is 2. The zero-order chi connectivity index (χ0) is 14.8. The number of aromatic nitrogens is 2. The van der Waals surface area contributed by atoms with E-state index in [1.807, 2.05) is 24.3 Å². The van der Waals surface area contributed by atoms with Crippen LogP contribution in [0.4, 0.5) is 5.82 Å². The maximum absolute atomic E-state index is 5.42. The molecule has 0 saturated carbocycles. The van der Waals surface area contributed by atoms with E-state index < -0.39 is 0 Å². The summed E-state index contributed by atoms with van der Waals surface area (Å²) < 4.78 is 5.42. The van der Waals surface area contributed by atoms with Crippen molar-refractivity contribution in [1.82, 2.24) is 9.97 Å². The topological polar surface area (TPSA) is 47.0 Å². The Morgan fingerprint density at radius 1 is 1.24 bits per heavy atom. The van der Waals surface area contributed by atoms with Crippen molar-refractivity contribution in [3.8, 4) is 17.1 Å². The van der Waals surface area contributed by atoms with Crippen molar-refractivity contribution in [3.63, 3.8) is 0 Å². The van der Waals surface area contributed by atoms with Gasteiger partial charge in [0.1, 0.15) is 16.4 Å². The van der Waals surface area contributed by atoms with Gasteiger partial charge in [0.25, 0.3) is 0 Å². The number of fused-ring (bicyclic) bond motifs is 1. The molecule has 2 aromatic heterocycles. The Morgan fingerprint density at radius 3 is 2.81 bits per heavy atom. The molecule has 0 saturated heterocycles. The van der Waals surface area contributed by atoms with E-state index in [1.54, 1.807) is 18.4 Å². The normalized spacial score (nSPS) is 10.8. The number of rotatable bonds is 4. The number of aryl methyl sites for hydroxylation is 1. The number of methoxy groups -OCH3 is 1. The third-order valence-corrected chi connectivity index (χ3v) is 4.15. The lowest BCUT2D eigenvalue weighted by Crippen LogP contribution is -2.02. The molecule has 0 amide bonds. The van der Waals surface area contributed by atoms with Crippen LogP contribution in [0.1, 0.15) is 11.8 Å². The van der Waals surface area contributed by atoms with Gasteiger partial charge in [-0.25, -0.2) is 9.97 Å². The van der Waals surface area contributed by atoms with Crippen LogP contribution in [-0.2, 0) is 0 Å². The van der Waals surface area contributed by atoms with Gasteiger partial charge in [-0.15, -0.1) is 11.3 Å². The van der Waals surface area contributed by atoms with Crippen LogP contribution in [0.3, 0.4) is 0 Å². The summed E-state index contributed by atoms with van der Waals surface area (Å²) >= 11 is 1.68. The maximum atomic E-state index is 5.42. The molecule has 3 rings (SSSR count). The van der Waals surface area contributed by atoms with Gasteiger partial charge in [0.15, 0.2) is 5.82 Å². The number of anilines is 1. The van der Waals surface area contributed by atoms with E-state index in [1.165, 1.54) is 4.88 Å². The van der Waals surface area contributed by atoms with Crippen LogP contribution in [0.2, 0.25) is 0 Å². The van der Waals surface area contributed by atoms with Crippen LogP contribution in [0.25, 0.3) is 21.6 Å². The molecule has 1 N–H and O–H groups in total. The zero-order valence-electron chi connectivity index (χ0n) is 12.3. The fourth-order valence-corrected chi connectivity index (χ4v) is 3.17. The smallest absolute Gasteiger partial charge is 0.166 e. The van der Waals surface area contributed by atoms with E-state index in [-0.39, 0.29) is 0 Å². The van der Waals surface area contributed by atoms with Crippen molar-refractivity contribution < 1.29 is 4.74 Å². The third kappa shape index (κ3) is 2.56. The highest BCUT2D eigenvalue weighted by atomic mass is 32.1. The van der Waals surface area contributed by atoms with E-state index in [2.05, 4.69) is 30.2 Å². The summed E-state index contributed by atoms with van der Waals surface area (Å²) in [6, 6.07) is 9.95. The SMILES string of the molecule is CCNc1nc(-c2ccccc2OC)nc2sc(C)cc12. The molecule has 0 atom stereocenters. The van der Waals surface area contributed by atoms with E-state index >= 15 is 0 Å². The lowest BCUT2D eigenvalue weighted by Gasteiger charge is -2.09. The summed E-state index contributed by atoms with van der Waals surface area (Å²) in [5.41, 5.74) is 0.909. The molecule has 0 aliphatic rings. The fraction of sp³-hybridized carbons (Fsp3) is 0.250. The van der Waals surface area contributed by atoms with Crippen LogP contribution in [-0.4, -0.2) is 23.6 Å². The minimum atomic E-state index is 0.692. The summed E-state index contributed by atoms with van der Waals surface area (Å²) in [5.74, 6) is 2.36. The first-order valence-corrected chi connectivity index (χ1v) is 7.70. The second-order valence-corrected chi connectivity index (χ2v) is 5.94. The monoisotopic (exact) mass is 299 g/mol. The molecule has 0 spiro atoms. The Balaban J connectivity index is 2.23. The second-order valence-electron chi connectivity index (χ2n) is 4.70. The average molecular weight is 299 g/mol. The van der Waals surface area contributed by atoms with Gasteiger partial charge >= 0.3 is 0 Å². The molecule has 3 aromatic rings. The van der Waals surface area contributed by atoms with Crippen molar-refractivity contribution >= 4 is 27.4 Å². The lowest BCUT2D eigenvalue weighted by atomic mass is 10.2. The second kappa shape index (κ2) is 5.69. The summed E-state index contributed by atoms with van der Waals surface area (Å²) in [6.07, 6.45) is 0. The fourth-order valence-electron chi connectivity index (χ4n) is 2.29. The van der Waals surface area contributed by atoms with Gasteiger partial charge in [0.2, 0.25) is 0 Å². The minimum Gasteiger partial charge on any atom is -0.496 e. The van der Waals surface area contributed by atoms with E-state index in [4.69, 9.17) is 9.72 Å². The number of para-hydroxylation sites is 1. The first-order valence-electron chi connectivity index (χ1n) is 6.88. The molecule has 0 unspecified atom stereocenters. The zero-order valence-corrected chi connectivity index (χ0v) is 13.1. The quantitative estimate of drug-likeness (QED) is 0.787. The third-order valence-electron chi connectivity index (χ3n) is 3.21. The van der Waals surface area contributed by atoms with Crippen molar-refractivity contribution in [1.29, 1.82) is 0 Å². The largest absolute Gasteiger partial charge is 0.496 e. The molecular weight excluding hydrogens is 282 g/mol. The van der Waals surface area contributed by atoms with Gasteiger partial charge in [-0.2, -0.15) is 0 Å². The summed E-state index contributed by atoms with van der Waals surface area (Å²) in [5, 5.41) is 4.41. The van der Waals surface area contributed by atoms with E-state index in [0.29, 0.717) is 5.82 Å². The number of hydrogen-bond acceptors (Lipinski definition) is 5. The van der Waals surface area contributed by atoms with Crippen LogP contribution < -0.4 is 10.1 Å². The van der Waals surface area contributed by atoms with Crippen LogP contribution in [0.15, 0.2) is 30.3 Å². The molecule has 2 heterocycles. The molecular formula is C16H17N3OS. The Hall–Kier alpha value is -2.14. The Morgan fingerprint density at radius 2 is 2.05 bits per heavy atom. The Kier molecular flexibility index (Phi) is 3.75. The molecule has 5 heteroatoms. The molecule has 0 fully saturated rings. The summed E-state index contributed by atoms with van der Waals surface area (Å²) in [7, 11) is 1.66. The van der Waals surface area contributed by atoms with E-state index in [0.717, 1.165) is 33.9 Å². The average Bonchev–Trinajstić information content (AvgIpc) is 2.88. The highest BCUT2D eigenvalue weighted by Crippen LogP contribution is 2.33. The van der Waals surface area contributed by atoms with Crippen molar-refractivity contribution in [2.45, 2.75) is 13.8 Å². The Labute approximate surface area is 127 Å². The molecule has 1 aromatic carbocycles. The van der Waals surface area contributed by atoms with Crippen LogP contribution >= 0.6 is 11.3 Å². The number of ether oxygens (including phenoxy) is 1. The predicted molar refractivity (Wildman–Crippen MR) is 88.3 cm³/mol. The van der Waals surface area contributed by atoms with Crippen molar-refractivity contribution in [2.24, 2.45) is 0 Å². The number of thiophene rings is 1. The highest BCUT2D eigenvalue weighted by molar-refractivity contribution is 7.18. The Bertz CT molecular complexity index is 782. The molecule has 21 heavy (non-hydrogen) atoms. The first-order chi connectivity index (χ1) is 10.2. The molecule has 0 aliphatic carbocycles. The molecule has 0 aliphatic heterocycles. The minimum absolute atomic E-state index is 0.692. The van der Waals surface area contributed by atoms with Gasteiger partial charge in [-0.05, 0) is 32.0 Å². The summed E-state index contributed by atoms with van der Waals surface area (Å²) in [4.78, 5) is 11.6. The van der Waals surface area contributed by atoms with Crippen LogP contribution in [0, 0.1) is 6.92 Å². The van der Waals surface area contributed by atoms with Gasteiger partial charge in [0.05, 0.1) is 18.1 Å². The van der Waals surface area contributed by atoms with Gasteiger partial charge < -0.3 is 10.1 Å². The van der Waals surface area contributed by atoms with Crippen molar-refractivity contribution in [2.75, 3.05) is 19.0 Å². The highest BCUT2D eigenvalue weighted by Gasteiger charge is 2.14. The standard InChI is InChI=1S/C16H17N3OS/c1-4-17-14-12-9-10(2)21-16(12)19-15(18-14)11-7-5-6-8-13(11)20-3/h5-9H,4H2,1-3H3,(H,17,18,19). The number of nitrogens with one attached hydrogen (secondary N) is 1. The molecule has 0 bridgehead atoms. The first kappa shape index (κ1) is 13.8. The number of benzene rings is 1. The van der Waals surface area contributed by atoms with Gasteiger partial charge in [0, 0.05) is 11.4 Å². The van der Waals surface area contributed by atoms with E-state index in [9.17, 15) is 0 Å². The van der Waals surface area contributed by atoms with Gasteiger partial charge in [-0.3, -0.25) is 0 Å². The predicted octanol–water partition coefficient (Wildman–Crippen LogP) is 4.11. The maximum Gasteiger partial charge on any atom is 0.166 e.